The van der Waals surface area contributed by atoms with Gasteiger partial charge < -0.3 is 5.73 Å². The van der Waals surface area contributed by atoms with Crippen LogP contribution < -0.4 is 5.73 Å². The Hall–Kier alpha value is -1.12. The zero-order chi connectivity index (χ0) is 13.5. The first-order chi connectivity index (χ1) is 8.30. The van der Waals surface area contributed by atoms with Gasteiger partial charge in [-0.15, -0.1) is 0 Å². The molecule has 0 aliphatic carbocycles. The quantitative estimate of drug-likeness (QED) is 0.836. The van der Waals surface area contributed by atoms with E-state index in [1.807, 2.05) is 25.1 Å². The van der Waals surface area contributed by atoms with Gasteiger partial charge in [0.05, 0.1) is 10.5 Å². The fourth-order valence-electron chi connectivity index (χ4n) is 2.00. The van der Waals surface area contributed by atoms with Crippen LogP contribution in [0.3, 0.4) is 0 Å². The highest BCUT2D eigenvalue weighted by Crippen LogP contribution is 2.31. The molecule has 1 heterocycles. The number of aromatic nitrogens is 1. The first-order valence-electron chi connectivity index (χ1n) is 6.16. The Morgan fingerprint density at radius 1 is 1.28 bits per heavy atom. The van der Waals surface area contributed by atoms with Gasteiger partial charge in [0.15, 0.2) is 0 Å². The van der Waals surface area contributed by atoms with Crippen LogP contribution in [0.4, 0.5) is 0 Å². The van der Waals surface area contributed by atoms with E-state index in [0.29, 0.717) is 5.02 Å². The zero-order valence-electron chi connectivity index (χ0n) is 11.3. The molecule has 0 amide bonds. The van der Waals surface area contributed by atoms with E-state index >= 15 is 0 Å². The zero-order valence-corrected chi connectivity index (χ0v) is 12.0. The van der Waals surface area contributed by atoms with Gasteiger partial charge in [0.25, 0.3) is 0 Å². The third-order valence-corrected chi connectivity index (χ3v) is 3.39. The van der Waals surface area contributed by atoms with E-state index in [0.717, 1.165) is 22.2 Å². The molecule has 1 aromatic heterocycles. The van der Waals surface area contributed by atoms with Crippen molar-refractivity contribution in [2.45, 2.75) is 39.2 Å². The van der Waals surface area contributed by atoms with Gasteiger partial charge in [-0.2, -0.15) is 0 Å². The summed E-state index contributed by atoms with van der Waals surface area (Å²) in [6.07, 6.45) is 0. The molecule has 0 saturated carbocycles. The highest BCUT2D eigenvalue weighted by Gasteiger charge is 2.19. The summed E-state index contributed by atoms with van der Waals surface area (Å²) in [6, 6.07) is 7.90. The molecule has 0 fully saturated rings. The van der Waals surface area contributed by atoms with Crippen molar-refractivity contribution in [3.63, 3.8) is 0 Å². The van der Waals surface area contributed by atoms with Crippen LogP contribution in [-0.4, -0.2) is 4.98 Å². The number of halogens is 1. The highest BCUT2D eigenvalue weighted by atomic mass is 35.5. The minimum absolute atomic E-state index is 0.0169. The van der Waals surface area contributed by atoms with E-state index in [2.05, 4.69) is 26.8 Å². The number of nitrogens with zero attached hydrogens (tertiary/aromatic N) is 1. The van der Waals surface area contributed by atoms with E-state index in [1.165, 1.54) is 0 Å². The number of hydrogen-bond acceptors (Lipinski definition) is 2. The number of hydrogen-bond donors (Lipinski definition) is 1. The van der Waals surface area contributed by atoms with Crippen LogP contribution in [0.15, 0.2) is 24.3 Å². The van der Waals surface area contributed by atoms with Gasteiger partial charge in [-0.1, -0.05) is 44.5 Å². The van der Waals surface area contributed by atoms with Crippen LogP contribution in [-0.2, 0) is 5.41 Å². The summed E-state index contributed by atoms with van der Waals surface area (Å²) < 4.78 is 0. The van der Waals surface area contributed by atoms with Crippen LogP contribution in [0.2, 0.25) is 5.02 Å². The van der Waals surface area contributed by atoms with E-state index in [9.17, 15) is 0 Å². The second-order valence-electron chi connectivity index (χ2n) is 5.77. The fourth-order valence-corrected chi connectivity index (χ4v) is 2.22. The van der Waals surface area contributed by atoms with Crippen LogP contribution >= 0.6 is 11.6 Å². The molecule has 0 spiro atoms. The Morgan fingerprint density at radius 2 is 1.94 bits per heavy atom. The van der Waals surface area contributed by atoms with Crippen LogP contribution in [0, 0.1) is 0 Å². The molecule has 1 aromatic carbocycles. The van der Waals surface area contributed by atoms with Crippen molar-refractivity contribution >= 4 is 22.5 Å². The van der Waals surface area contributed by atoms with E-state index in [-0.39, 0.29) is 11.5 Å². The third-order valence-electron chi connectivity index (χ3n) is 3.08. The van der Waals surface area contributed by atoms with Gasteiger partial charge in [-0.25, -0.2) is 0 Å². The monoisotopic (exact) mass is 262 g/mol. The molecule has 0 bridgehead atoms. The number of benzene rings is 1. The Balaban J connectivity index is 2.84. The highest BCUT2D eigenvalue weighted by molar-refractivity contribution is 6.35. The predicted octanol–water partition coefficient (Wildman–Crippen LogP) is 4.21. The Labute approximate surface area is 113 Å². The van der Waals surface area contributed by atoms with Gasteiger partial charge >= 0.3 is 0 Å². The molecule has 1 unspecified atom stereocenters. The summed E-state index contributed by atoms with van der Waals surface area (Å²) >= 11 is 6.25. The maximum atomic E-state index is 6.25. The molecule has 1 atom stereocenters. The summed E-state index contributed by atoms with van der Waals surface area (Å²) in [7, 11) is 0. The molecule has 0 aliphatic heterocycles. The van der Waals surface area contributed by atoms with E-state index in [1.54, 1.807) is 0 Å². The molecule has 2 rings (SSSR count). The topological polar surface area (TPSA) is 38.9 Å². The normalized spacial score (nSPS) is 13.9. The van der Waals surface area contributed by atoms with Crippen molar-refractivity contribution < 1.29 is 0 Å². The van der Waals surface area contributed by atoms with Gasteiger partial charge in [-0.3, -0.25) is 4.98 Å². The molecular weight excluding hydrogens is 244 g/mol. The summed E-state index contributed by atoms with van der Waals surface area (Å²) in [5.74, 6) is 0. The summed E-state index contributed by atoms with van der Waals surface area (Å²) in [4.78, 5) is 4.70. The number of rotatable bonds is 1. The maximum absolute atomic E-state index is 6.25. The smallest absolute Gasteiger partial charge is 0.0895 e. The second kappa shape index (κ2) is 4.52. The number of para-hydroxylation sites is 1. The van der Waals surface area contributed by atoms with Crippen LogP contribution in [0.5, 0.6) is 0 Å². The molecule has 18 heavy (non-hydrogen) atoms. The standard InChI is InChI=1S/C15H19ClN2/c1-9(17)11-8-13(15(2,3)4)18-14-10(11)6-5-7-12(14)16/h5-9H,17H2,1-4H3. The largest absolute Gasteiger partial charge is 0.324 e. The van der Waals surface area contributed by atoms with Crippen molar-refractivity contribution in [2.75, 3.05) is 0 Å². The lowest BCUT2D eigenvalue weighted by atomic mass is 9.89. The first-order valence-corrected chi connectivity index (χ1v) is 6.53. The van der Waals surface area contributed by atoms with Crippen molar-refractivity contribution in [2.24, 2.45) is 5.73 Å². The van der Waals surface area contributed by atoms with E-state index < -0.39 is 0 Å². The molecule has 0 aliphatic rings. The van der Waals surface area contributed by atoms with E-state index in [4.69, 9.17) is 22.3 Å². The summed E-state index contributed by atoms with van der Waals surface area (Å²) in [5.41, 5.74) is 9.03. The minimum atomic E-state index is -0.0323. The second-order valence-corrected chi connectivity index (χ2v) is 6.18. The van der Waals surface area contributed by atoms with Gasteiger partial charge in [0.1, 0.15) is 0 Å². The lowest BCUT2D eigenvalue weighted by Gasteiger charge is -2.21. The van der Waals surface area contributed by atoms with Crippen molar-refractivity contribution in [1.82, 2.24) is 4.98 Å². The maximum Gasteiger partial charge on any atom is 0.0895 e. The molecule has 0 radical (unpaired) electrons. The van der Waals surface area contributed by atoms with Crippen molar-refractivity contribution in [3.8, 4) is 0 Å². The average molecular weight is 263 g/mol. The van der Waals surface area contributed by atoms with Crippen molar-refractivity contribution in [1.29, 1.82) is 0 Å². The van der Waals surface area contributed by atoms with Crippen LogP contribution in [0.25, 0.3) is 10.9 Å². The fraction of sp³-hybridized carbons (Fsp3) is 0.400. The number of fused-ring (bicyclic) bond motifs is 1. The first kappa shape index (κ1) is 13.3. The van der Waals surface area contributed by atoms with Crippen molar-refractivity contribution in [3.05, 3.63) is 40.5 Å². The van der Waals surface area contributed by atoms with Gasteiger partial charge in [0.2, 0.25) is 0 Å². The molecule has 3 heteroatoms. The molecule has 2 nitrogen and oxygen atoms in total. The van der Waals surface area contributed by atoms with Gasteiger partial charge in [-0.05, 0) is 24.6 Å². The molecule has 2 aromatic rings. The SMILES string of the molecule is CC(N)c1cc(C(C)(C)C)nc2c(Cl)cccc12. The number of nitrogens with two attached hydrogens (primary N) is 1. The van der Waals surface area contributed by atoms with Gasteiger partial charge in [0, 0.05) is 22.5 Å². The Kier molecular flexibility index (Phi) is 3.35. The lowest BCUT2D eigenvalue weighted by Crippen LogP contribution is -2.16. The Morgan fingerprint density at radius 3 is 2.50 bits per heavy atom. The third kappa shape index (κ3) is 2.36. The average Bonchev–Trinajstić information content (AvgIpc) is 2.27. The molecular formula is C15H19ClN2. The predicted molar refractivity (Wildman–Crippen MR) is 78.1 cm³/mol. The Bertz CT molecular complexity index is 583. The van der Waals surface area contributed by atoms with Crippen LogP contribution in [0.1, 0.15) is 45.0 Å². The number of pyridine rings is 1. The molecule has 96 valence electrons. The molecule has 0 saturated heterocycles. The lowest BCUT2D eigenvalue weighted by molar-refractivity contribution is 0.569. The minimum Gasteiger partial charge on any atom is -0.324 e. The summed E-state index contributed by atoms with van der Waals surface area (Å²) in [5, 5.41) is 1.73. The molecule has 2 N–H and O–H groups in total. The summed E-state index contributed by atoms with van der Waals surface area (Å²) in [6.45, 7) is 8.41.